The highest BCUT2D eigenvalue weighted by atomic mass is 32.1. The average Bonchev–Trinajstić information content (AvgIpc) is 3.37. The summed E-state index contributed by atoms with van der Waals surface area (Å²) in [6.45, 7) is 2.78. The molecule has 0 radical (unpaired) electrons. The number of aliphatic hydroxyl groups is 1. The maximum absolute atomic E-state index is 9.74. The van der Waals surface area contributed by atoms with E-state index in [0.29, 0.717) is 26.1 Å². The summed E-state index contributed by atoms with van der Waals surface area (Å²) < 4.78 is 7.37. The van der Waals surface area contributed by atoms with Gasteiger partial charge in [-0.05, 0) is 46.7 Å². The molecule has 0 saturated carbocycles. The number of fused-ring (bicyclic) bond motifs is 1. The van der Waals surface area contributed by atoms with Crippen molar-refractivity contribution in [3.63, 3.8) is 0 Å². The lowest BCUT2D eigenvalue weighted by atomic mass is 10.1. The number of thiophene rings is 1. The van der Waals surface area contributed by atoms with Gasteiger partial charge in [0.1, 0.15) is 5.75 Å². The molecule has 4 rings (SSSR count). The zero-order valence-corrected chi connectivity index (χ0v) is 15.9. The van der Waals surface area contributed by atoms with E-state index in [1.807, 2.05) is 12.1 Å². The number of nitrogens with zero attached hydrogens (tertiary/aromatic N) is 4. The highest BCUT2D eigenvalue weighted by Gasteiger charge is 2.26. The third kappa shape index (κ3) is 3.55. The molecule has 1 aromatic carbocycles. The lowest BCUT2D eigenvalue weighted by molar-refractivity contribution is 0.188. The Morgan fingerprint density at radius 2 is 2.04 bits per heavy atom. The van der Waals surface area contributed by atoms with Crippen LogP contribution in [0.3, 0.4) is 0 Å². The Morgan fingerprint density at radius 1 is 1.19 bits per heavy atom. The molecule has 7 nitrogen and oxygen atoms in total. The number of phenols is 1. The highest BCUT2D eigenvalue weighted by molar-refractivity contribution is 7.13. The molecule has 0 unspecified atom stereocenters. The minimum atomic E-state index is 0.136. The average molecular weight is 386 g/mol. The molecule has 0 bridgehead atoms. The maximum atomic E-state index is 9.74. The van der Waals surface area contributed by atoms with E-state index in [-0.39, 0.29) is 12.4 Å². The van der Waals surface area contributed by atoms with Crippen molar-refractivity contribution in [3.05, 3.63) is 46.3 Å². The van der Waals surface area contributed by atoms with Crippen LogP contribution in [0.2, 0.25) is 0 Å². The van der Waals surface area contributed by atoms with Crippen LogP contribution in [0.15, 0.2) is 29.6 Å². The zero-order valence-electron chi connectivity index (χ0n) is 15.1. The van der Waals surface area contributed by atoms with E-state index >= 15 is 0 Å². The highest BCUT2D eigenvalue weighted by Crippen LogP contribution is 2.33. The monoisotopic (exact) mass is 386 g/mol. The number of aromatic hydroxyl groups is 1. The second-order valence-corrected chi connectivity index (χ2v) is 7.48. The van der Waals surface area contributed by atoms with Crippen molar-refractivity contribution < 1.29 is 14.9 Å². The van der Waals surface area contributed by atoms with E-state index < -0.39 is 0 Å². The quantitative estimate of drug-likeness (QED) is 0.649. The lowest BCUT2D eigenvalue weighted by Gasteiger charge is -2.18. The third-order valence-electron chi connectivity index (χ3n) is 4.72. The number of benzene rings is 1. The summed E-state index contributed by atoms with van der Waals surface area (Å²) in [5.41, 5.74) is 3.40. The standard InChI is InChI=1S/C19H22N4O3S/c1-26-7-5-23-18(17-8-13(4-6-24)12-27-17)20-21-19(23)22-10-14-2-3-16(25)9-15(14)11-22/h2-3,8-9,12,24-25H,4-7,10-11H2,1H3. The van der Waals surface area contributed by atoms with Crippen LogP contribution in [0.5, 0.6) is 5.75 Å². The minimum absolute atomic E-state index is 0.136. The molecule has 142 valence electrons. The van der Waals surface area contributed by atoms with Gasteiger partial charge < -0.3 is 19.8 Å². The van der Waals surface area contributed by atoms with E-state index in [4.69, 9.17) is 9.84 Å². The predicted molar refractivity (Wildman–Crippen MR) is 104 cm³/mol. The topological polar surface area (TPSA) is 83.6 Å². The summed E-state index contributed by atoms with van der Waals surface area (Å²) in [4.78, 5) is 3.20. The first-order chi connectivity index (χ1) is 13.2. The van der Waals surface area contributed by atoms with Gasteiger partial charge >= 0.3 is 0 Å². The van der Waals surface area contributed by atoms with Crippen LogP contribution in [0.4, 0.5) is 5.95 Å². The Balaban J connectivity index is 1.66. The number of ether oxygens (including phenoxy) is 1. The largest absolute Gasteiger partial charge is 0.508 e. The summed E-state index contributed by atoms with van der Waals surface area (Å²) in [5, 5.41) is 29.9. The molecule has 0 aliphatic carbocycles. The Kier molecular flexibility index (Phi) is 5.11. The number of anilines is 1. The van der Waals surface area contributed by atoms with Crippen LogP contribution in [-0.2, 0) is 30.8 Å². The fourth-order valence-electron chi connectivity index (χ4n) is 3.37. The van der Waals surface area contributed by atoms with Gasteiger partial charge in [-0.25, -0.2) is 0 Å². The molecule has 27 heavy (non-hydrogen) atoms. The van der Waals surface area contributed by atoms with Crippen LogP contribution in [0.25, 0.3) is 10.7 Å². The Bertz CT molecular complexity index is 937. The fraction of sp³-hybridized carbons (Fsp3) is 0.368. The van der Waals surface area contributed by atoms with Crippen molar-refractivity contribution in [1.29, 1.82) is 0 Å². The number of rotatable bonds is 7. The van der Waals surface area contributed by atoms with Crippen LogP contribution >= 0.6 is 11.3 Å². The lowest BCUT2D eigenvalue weighted by Crippen LogP contribution is -2.21. The third-order valence-corrected chi connectivity index (χ3v) is 5.69. The first kappa shape index (κ1) is 18.0. The van der Waals surface area contributed by atoms with Gasteiger partial charge in [0.2, 0.25) is 5.95 Å². The summed E-state index contributed by atoms with van der Waals surface area (Å²) in [6, 6.07) is 7.56. The number of hydrogen-bond acceptors (Lipinski definition) is 7. The molecule has 2 N–H and O–H groups in total. The fourth-order valence-corrected chi connectivity index (χ4v) is 4.31. The van der Waals surface area contributed by atoms with Gasteiger partial charge in [-0.2, -0.15) is 0 Å². The molecule has 1 aliphatic rings. The van der Waals surface area contributed by atoms with Gasteiger partial charge in [-0.15, -0.1) is 21.5 Å². The van der Waals surface area contributed by atoms with Crippen molar-refractivity contribution in [2.24, 2.45) is 0 Å². The maximum Gasteiger partial charge on any atom is 0.228 e. The molecular formula is C19H22N4O3S. The number of aliphatic hydroxyl groups excluding tert-OH is 1. The van der Waals surface area contributed by atoms with E-state index in [0.717, 1.165) is 34.3 Å². The molecule has 0 atom stereocenters. The minimum Gasteiger partial charge on any atom is -0.508 e. The second kappa shape index (κ2) is 7.67. The van der Waals surface area contributed by atoms with Crippen LogP contribution in [0, 0.1) is 0 Å². The van der Waals surface area contributed by atoms with Crippen molar-refractivity contribution in [2.45, 2.75) is 26.1 Å². The molecule has 8 heteroatoms. The summed E-state index contributed by atoms with van der Waals surface area (Å²) in [6.07, 6.45) is 0.639. The van der Waals surface area contributed by atoms with Crippen molar-refractivity contribution in [3.8, 4) is 16.5 Å². The number of methoxy groups -OCH3 is 1. The number of phenolic OH excluding ortho intramolecular Hbond substituents is 1. The molecule has 0 amide bonds. The molecule has 3 aromatic rings. The van der Waals surface area contributed by atoms with Gasteiger partial charge in [0, 0.05) is 26.8 Å². The van der Waals surface area contributed by atoms with Crippen molar-refractivity contribution >= 4 is 17.3 Å². The number of hydrogen-bond donors (Lipinski definition) is 2. The van der Waals surface area contributed by atoms with E-state index in [1.54, 1.807) is 24.5 Å². The molecule has 0 saturated heterocycles. The molecule has 0 spiro atoms. The molecular weight excluding hydrogens is 364 g/mol. The first-order valence-corrected chi connectivity index (χ1v) is 9.74. The summed E-state index contributed by atoms with van der Waals surface area (Å²) >= 11 is 1.61. The summed E-state index contributed by atoms with van der Waals surface area (Å²) in [5.74, 6) is 1.90. The Morgan fingerprint density at radius 3 is 2.85 bits per heavy atom. The molecule has 1 aliphatic heterocycles. The van der Waals surface area contributed by atoms with Crippen LogP contribution in [-0.4, -0.2) is 45.3 Å². The summed E-state index contributed by atoms with van der Waals surface area (Å²) in [7, 11) is 1.68. The van der Waals surface area contributed by atoms with Gasteiger partial charge in [-0.3, -0.25) is 4.57 Å². The van der Waals surface area contributed by atoms with Crippen LogP contribution in [0.1, 0.15) is 16.7 Å². The molecule has 0 fully saturated rings. The molecule has 3 heterocycles. The number of aromatic nitrogens is 3. The van der Waals surface area contributed by atoms with E-state index in [1.165, 1.54) is 5.56 Å². The Labute approximate surface area is 161 Å². The zero-order chi connectivity index (χ0) is 18.8. The van der Waals surface area contributed by atoms with Gasteiger partial charge in [0.15, 0.2) is 5.82 Å². The van der Waals surface area contributed by atoms with Crippen molar-refractivity contribution in [1.82, 2.24) is 14.8 Å². The smallest absolute Gasteiger partial charge is 0.228 e. The first-order valence-electron chi connectivity index (χ1n) is 8.86. The normalized spacial score (nSPS) is 13.3. The van der Waals surface area contributed by atoms with E-state index in [2.05, 4.69) is 31.1 Å². The van der Waals surface area contributed by atoms with E-state index in [9.17, 15) is 5.11 Å². The molecule has 2 aromatic heterocycles. The van der Waals surface area contributed by atoms with Gasteiger partial charge in [-0.1, -0.05) is 6.07 Å². The van der Waals surface area contributed by atoms with Crippen molar-refractivity contribution in [2.75, 3.05) is 25.2 Å². The van der Waals surface area contributed by atoms with Gasteiger partial charge in [0.05, 0.1) is 18.0 Å². The Hall–Kier alpha value is -2.42. The SMILES string of the molecule is COCCn1c(-c2cc(CCO)cs2)nnc1N1Cc2ccc(O)cc2C1. The second-order valence-electron chi connectivity index (χ2n) is 6.57. The van der Waals surface area contributed by atoms with Gasteiger partial charge in [0.25, 0.3) is 0 Å². The van der Waals surface area contributed by atoms with Crippen LogP contribution < -0.4 is 4.90 Å². The predicted octanol–water partition coefficient (Wildman–Crippen LogP) is 2.41.